The number of anilines is 3. The lowest BCUT2D eigenvalue weighted by molar-refractivity contribution is -0.137. The molecule has 0 aliphatic carbocycles. The minimum Gasteiger partial charge on any atom is -0.488 e. The summed E-state index contributed by atoms with van der Waals surface area (Å²) < 4.78 is 46.3. The van der Waals surface area contributed by atoms with Gasteiger partial charge in [0.25, 0.3) is 5.91 Å². The highest BCUT2D eigenvalue weighted by molar-refractivity contribution is 5.98. The van der Waals surface area contributed by atoms with Gasteiger partial charge in [0.1, 0.15) is 35.9 Å². The van der Waals surface area contributed by atoms with Crippen molar-refractivity contribution in [1.82, 2.24) is 9.97 Å². The van der Waals surface area contributed by atoms with Crippen LogP contribution in [0.5, 0.6) is 5.75 Å². The van der Waals surface area contributed by atoms with E-state index in [4.69, 9.17) is 4.74 Å². The Hall–Kier alpha value is -3.55. The summed E-state index contributed by atoms with van der Waals surface area (Å²) in [6.07, 6.45) is -3.69. The van der Waals surface area contributed by atoms with Crippen molar-refractivity contribution in [3.63, 3.8) is 0 Å². The number of likely N-dealkylation sites (N-methyl/N-ethyl adjacent to an activating group) is 2. The van der Waals surface area contributed by atoms with Gasteiger partial charge in [-0.05, 0) is 38.0 Å². The molecule has 4 heterocycles. The Labute approximate surface area is 189 Å². The van der Waals surface area contributed by atoms with Gasteiger partial charge in [-0.3, -0.25) is 9.69 Å². The van der Waals surface area contributed by atoms with Crippen LogP contribution < -0.4 is 19.4 Å². The summed E-state index contributed by atoms with van der Waals surface area (Å²) in [5.41, 5.74) is -1.48. The fourth-order valence-corrected chi connectivity index (χ4v) is 4.21. The molecule has 33 heavy (non-hydrogen) atoms. The number of nitriles is 1. The zero-order valence-corrected chi connectivity index (χ0v) is 18.5. The Balaban J connectivity index is 1.67. The second-order valence-corrected chi connectivity index (χ2v) is 8.13. The molecule has 0 saturated carbocycles. The van der Waals surface area contributed by atoms with E-state index in [0.29, 0.717) is 49.9 Å². The maximum atomic E-state index is 13.6. The third-order valence-corrected chi connectivity index (χ3v) is 5.90. The summed E-state index contributed by atoms with van der Waals surface area (Å²) in [5.74, 6) is 1.19. The molecule has 0 unspecified atom stereocenters. The van der Waals surface area contributed by atoms with Gasteiger partial charge in [0, 0.05) is 26.3 Å². The van der Waals surface area contributed by atoms with Crippen molar-refractivity contribution in [1.29, 1.82) is 5.26 Å². The van der Waals surface area contributed by atoms with Gasteiger partial charge in [0.05, 0.1) is 12.1 Å². The lowest BCUT2D eigenvalue weighted by atomic mass is 10.1. The number of nitrogens with zero attached hydrogens (tertiary/aromatic N) is 6. The Morgan fingerprint density at radius 2 is 2.03 bits per heavy atom. The van der Waals surface area contributed by atoms with E-state index in [1.807, 2.05) is 11.9 Å². The summed E-state index contributed by atoms with van der Waals surface area (Å²) in [6.45, 7) is 2.96. The summed E-state index contributed by atoms with van der Waals surface area (Å²) in [4.78, 5) is 27.0. The van der Waals surface area contributed by atoms with Crippen molar-refractivity contribution in [2.24, 2.45) is 0 Å². The average molecular weight is 460 g/mol. The van der Waals surface area contributed by atoms with Gasteiger partial charge in [-0.2, -0.15) is 18.4 Å². The van der Waals surface area contributed by atoms with Crippen molar-refractivity contribution in [3.05, 3.63) is 35.0 Å². The number of fused-ring (bicyclic) bond motifs is 1. The average Bonchev–Trinajstić information content (AvgIpc) is 3.26. The normalized spacial score (nSPS) is 17.9. The van der Waals surface area contributed by atoms with Crippen molar-refractivity contribution >= 4 is 23.4 Å². The molecule has 0 bridgehead atoms. The highest BCUT2D eigenvalue weighted by atomic mass is 19.4. The zero-order chi connectivity index (χ0) is 23.9. The van der Waals surface area contributed by atoms with Gasteiger partial charge < -0.3 is 14.5 Å². The maximum Gasteiger partial charge on any atom is 0.417 e. The molecular formula is C22H23F3N6O2. The molecule has 1 saturated heterocycles. The number of aryl methyl sites for hydroxylation is 1. The molecule has 4 rings (SSSR count). The number of alkyl halides is 3. The van der Waals surface area contributed by atoms with Crippen LogP contribution in [0.15, 0.2) is 18.2 Å². The third kappa shape index (κ3) is 4.13. The summed E-state index contributed by atoms with van der Waals surface area (Å²) in [7, 11) is 3.46. The standard InChI is InChI=1S/C22H23F3N6O2/c1-13-11-15(22(23,24)25)14(12-26)19(27-13)31-8-4-5-16(31)21(32)30(3)18-7-6-17-20(28-18)29(2)9-10-33-17/h6-7,11,16H,4-5,8-10H2,1-3H3/t16-/m0/s1. The minimum absolute atomic E-state index is 0.111. The molecular weight excluding hydrogens is 437 g/mol. The Kier molecular flexibility index (Phi) is 5.78. The number of hydrogen-bond donors (Lipinski definition) is 0. The van der Waals surface area contributed by atoms with E-state index < -0.39 is 23.3 Å². The number of aromatic nitrogens is 2. The first kappa shape index (κ1) is 22.6. The molecule has 174 valence electrons. The molecule has 8 nitrogen and oxygen atoms in total. The number of amides is 1. The molecule has 1 atom stereocenters. The van der Waals surface area contributed by atoms with Crippen LogP contribution in [0.1, 0.15) is 29.7 Å². The predicted molar refractivity (Wildman–Crippen MR) is 115 cm³/mol. The largest absolute Gasteiger partial charge is 0.488 e. The van der Waals surface area contributed by atoms with Crippen LogP contribution in [0.25, 0.3) is 0 Å². The molecule has 0 spiro atoms. The van der Waals surface area contributed by atoms with Gasteiger partial charge >= 0.3 is 6.18 Å². The van der Waals surface area contributed by atoms with Gasteiger partial charge in [0.2, 0.25) is 0 Å². The first-order valence-corrected chi connectivity index (χ1v) is 10.5. The molecule has 2 aliphatic rings. The van der Waals surface area contributed by atoms with Crippen molar-refractivity contribution in [2.45, 2.75) is 32.0 Å². The van der Waals surface area contributed by atoms with Crippen LogP contribution in [0.2, 0.25) is 0 Å². The van der Waals surface area contributed by atoms with Gasteiger partial charge in [-0.1, -0.05) is 0 Å². The van der Waals surface area contributed by atoms with Crippen LogP contribution in [0.3, 0.4) is 0 Å². The van der Waals surface area contributed by atoms with Gasteiger partial charge in [-0.15, -0.1) is 0 Å². The van der Waals surface area contributed by atoms with Crippen LogP contribution >= 0.6 is 0 Å². The Bertz CT molecular complexity index is 1130. The van der Waals surface area contributed by atoms with Crippen molar-refractivity contribution < 1.29 is 22.7 Å². The first-order valence-electron chi connectivity index (χ1n) is 10.5. The quantitative estimate of drug-likeness (QED) is 0.696. The fraction of sp³-hybridized carbons (Fsp3) is 0.455. The molecule has 1 fully saturated rings. The van der Waals surface area contributed by atoms with E-state index in [-0.39, 0.29) is 17.4 Å². The second kappa shape index (κ2) is 8.42. The molecule has 0 radical (unpaired) electrons. The topological polar surface area (TPSA) is 85.6 Å². The SMILES string of the molecule is Cc1cc(C(F)(F)F)c(C#N)c(N2CCC[C@H]2C(=O)N(C)c2ccc3c(n2)N(C)CCO3)n1. The van der Waals surface area contributed by atoms with E-state index >= 15 is 0 Å². The second-order valence-electron chi connectivity index (χ2n) is 8.13. The number of halogens is 3. The van der Waals surface area contributed by atoms with Crippen LogP contribution in [-0.2, 0) is 11.0 Å². The Morgan fingerprint density at radius 3 is 2.73 bits per heavy atom. The van der Waals surface area contributed by atoms with E-state index in [2.05, 4.69) is 9.97 Å². The monoisotopic (exact) mass is 460 g/mol. The smallest absolute Gasteiger partial charge is 0.417 e. The summed E-state index contributed by atoms with van der Waals surface area (Å²) in [5, 5.41) is 9.52. The highest BCUT2D eigenvalue weighted by Gasteiger charge is 2.40. The van der Waals surface area contributed by atoms with E-state index in [1.54, 1.807) is 25.2 Å². The van der Waals surface area contributed by atoms with Crippen molar-refractivity contribution in [3.8, 4) is 11.8 Å². The third-order valence-electron chi connectivity index (χ3n) is 5.90. The highest BCUT2D eigenvalue weighted by Crippen LogP contribution is 2.38. The van der Waals surface area contributed by atoms with E-state index in [0.717, 1.165) is 6.07 Å². The van der Waals surface area contributed by atoms with Crippen molar-refractivity contribution in [2.75, 3.05) is 48.5 Å². The predicted octanol–water partition coefficient (Wildman–Crippen LogP) is 3.14. The van der Waals surface area contributed by atoms with Crippen LogP contribution in [0, 0.1) is 18.3 Å². The van der Waals surface area contributed by atoms with Gasteiger partial charge in [0.15, 0.2) is 11.6 Å². The number of ether oxygens (including phenoxy) is 1. The van der Waals surface area contributed by atoms with Crippen LogP contribution in [-0.4, -0.2) is 55.7 Å². The molecule has 2 aliphatic heterocycles. The molecule has 2 aromatic heterocycles. The lowest BCUT2D eigenvalue weighted by Crippen LogP contribution is -2.45. The molecule has 11 heteroatoms. The number of carbonyl (C=O) groups is 1. The maximum absolute atomic E-state index is 13.6. The molecule has 0 N–H and O–H groups in total. The minimum atomic E-state index is -4.70. The van der Waals surface area contributed by atoms with Crippen LogP contribution in [0.4, 0.5) is 30.6 Å². The molecule has 2 aromatic rings. The fourth-order valence-electron chi connectivity index (χ4n) is 4.21. The van der Waals surface area contributed by atoms with E-state index in [1.165, 1.54) is 16.7 Å². The Morgan fingerprint density at radius 1 is 1.27 bits per heavy atom. The molecule has 0 aromatic carbocycles. The lowest BCUT2D eigenvalue weighted by Gasteiger charge is -2.31. The van der Waals surface area contributed by atoms with E-state index in [9.17, 15) is 23.2 Å². The number of rotatable bonds is 3. The van der Waals surface area contributed by atoms with Gasteiger partial charge in [-0.25, -0.2) is 9.97 Å². The zero-order valence-electron chi connectivity index (χ0n) is 18.5. The first-order chi connectivity index (χ1) is 15.6. The summed E-state index contributed by atoms with van der Waals surface area (Å²) in [6, 6.07) is 5.17. The summed E-state index contributed by atoms with van der Waals surface area (Å²) >= 11 is 0. The molecule has 1 amide bonds. The number of pyridine rings is 2. The number of carbonyl (C=O) groups excluding carboxylic acids is 1. The number of hydrogen-bond acceptors (Lipinski definition) is 7.